The zero-order valence-electron chi connectivity index (χ0n) is 14.0. The molecule has 0 radical (unpaired) electrons. The van der Waals surface area contributed by atoms with E-state index in [1.54, 1.807) is 11.1 Å². The Bertz CT molecular complexity index is 633. The van der Waals surface area contributed by atoms with Gasteiger partial charge in [0.15, 0.2) is 0 Å². The minimum atomic E-state index is 0.824. The van der Waals surface area contributed by atoms with Crippen LogP contribution in [0.15, 0.2) is 54.6 Å². The first-order valence-electron chi connectivity index (χ1n) is 9.24. The van der Waals surface area contributed by atoms with Crippen molar-refractivity contribution in [3.63, 3.8) is 0 Å². The summed E-state index contributed by atoms with van der Waals surface area (Å²) >= 11 is 0. The highest BCUT2D eigenvalue weighted by molar-refractivity contribution is 5.34. The van der Waals surface area contributed by atoms with Crippen molar-refractivity contribution in [1.82, 2.24) is 4.90 Å². The zero-order valence-corrected chi connectivity index (χ0v) is 14.0. The van der Waals surface area contributed by atoms with Crippen LogP contribution in [0.4, 0.5) is 0 Å². The Hall–Kier alpha value is -1.60. The minimum absolute atomic E-state index is 0.824. The molecule has 0 bridgehead atoms. The summed E-state index contributed by atoms with van der Waals surface area (Å²) in [4.78, 5) is 2.72. The van der Waals surface area contributed by atoms with Gasteiger partial charge in [0.05, 0.1) is 0 Å². The quantitative estimate of drug-likeness (QED) is 0.793. The fourth-order valence-electron chi connectivity index (χ4n) is 4.63. The van der Waals surface area contributed by atoms with Crippen molar-refractivity contribution in [2.45, 2.75) is 38.0 Å². The molecule has 0 unspecified atom stereocenters. The lowest BCUT2D eigenvalue weighted by Gasteiger charge is -2.42. The number of nitrogens with zero attached hydrogens (tertiary/aromatic N) is 1. The van der Waals surface area contributed by atoms with Crippen LogP contribution in [-0.4, -0.2) is 24.5 Å². The highest BCUT2D eigenvalue weighted by atomic mass is 15.1. The molecule has 1 nitrogen and oxygen atoms in total. The van der Waals surface area contributed by atoms with Gasteiger partial charge in [-0.2, -0.15) is 0 Å². The molecule has 1 aliphatic carbocycles. The molecule has 1 heteroatoms. The third-order valence-electron chi connectivity index (χ3n) is 5.84. The molecular weight excluding hydrogens is 278 g/mol. The largest absolute Gasteiger partial charge is 0.303 e. The molecule has 1 fully saturated rings. The first-order chi connectivity index (χ1) is 11.4. The predicted molar refractivity (Wildman–Crippen MR) is 96.8 cm³/mol. The van der Waals surface area contributed by atoms with E-state index in [1.165, 1.54) is 57.3 Å². The van der Waals surface area contributed by atoms with Crippen LogP contribution in [0.5, 0.6) is 0 Å². The number of rotatable bonds is 4. The van der Waals surface area contributed by atoms with Gasteiger partial charge in [-0.3, -0.25) is 0 Å². The van der Waals surface area contributed by atoms with Gasteiger partial charge in [-0.25, -0.2) is 0 Å². The van der Waals surface area contributed by atoms with Crippen LogP contribution in [0.3, 0.4) is 0 Å². The summed E-state index contributed by atoms with van der Waals surface area (Å²) in [6.07, 6.45) is 6.53. The van der Waals surface area contributed by atoms with Crippen LogP contribution < -0.4 is 0 Å². The van der Waals surface area contributed by atoms with E-state index >= 15 is 0 Å². The third-order valence-corrected chi connectivity index (χ3v) is 5.84. The van der Waals surface area contributed by atoms with E-state index in [0.717, 1.165) is 11.8 Å². The monoisotopic (exact) mass is 305 g/mol. The number of fused-ring (bicyclic) bond motifs is 3. The van der Waals surface area contributed by atoms with Crippen molar-refractivity contribution < 1.29 is 0 Å². The molecule has 0 spiro atoms. The van der Waals surface area contributed by atoms with Crippen LogP contribution >= 0.6 is 0 Å². The molecule has 0 N–H and O–H groups in total. The van der Waals surface area contributed by atoms with Crippen LogP contribution in [0, 0.1) is 5.92 Å². The molecule has 2 atom stereocenters. The molecule has 2 aliphatic rings. The molecule has 0 amide bonds. The molecule has 0 aromatic heterocycles. The van der Waals surface area contributed by atoms with Crippen molar-refractivity contribution in [1.29, 1.82) is 0 Å². The van der Waals surface area contributed by atoms with Crippen LogP contribution in [-0.2, 0) is 12.8 Å². The molecule has 1 heterocycles. The number of likely N-dealkylation sites (tertiary alicyclic amines) is 1. The molecule has 23 heavy (non-hydrogen) atoms. The summed E-state index contributed by atoms with van der Waals surface area (Å²) in [6, 6.07) is 20.1. The summed E-state index contributed by atoms with van der Waals surface area (Å²) in [7, 11) is 0. The van der Waals surface area contributed by atoms with Gasteiger partial charge >= 0.3 is 0 Å². The topological polar surface area (TPSA) is 3.24 Å². The number of piperidine rings is 1. The highest BCUT2D eigenvalue weighted by Crippen LogP contribution is 2.41. The second kappa shape index (κ2) is 6.88. The summed E-state index contributed by atoms with van der Waals surface area (Å²) in [5, 5.41) is 0. The Morgan fingerprint density at radius 3 is 2.65 bits per heavy atom. The minimum Gasteiger partial charge on any atom is -0.303 e. The standard InChI is InChI=1S/C22H27N/c1-2-7-18(8-3-1)9-6-15-23-16-14-22-20(17-23)13-12-19-10-4-5-11-21(19)22/h1-5,7-8,10-11,20,22H,6,9,12-17H2/t20-,22-/m1/s1. The van der Waals surface area contributed by atoms with E-state index in [2.05, 4.69) is 59.5 Å². The maximum atomic E-state index is 2.72. The van der Waals surface area contributed by atoms with Crippen molar-refractivity contribution in [3.8, 4) is 0 Å². The molecule has 4 rings (SSSR count). The first-order valence-corrected chi connectivity index (χ1v) is 9.24. The molecule has 2 aromatic carbocycles. The average Bonchev–Trinajstić information content (AvgIpc) is 2.62. The average molecular weight is 305 g/mol. The maximum absolute atomic E-state index is 2.72. The fraction of sp³-hybridized carbons (Fsp3) is 0.455. The van der Waals surface area contributed by atoms with E-state index in [0.29, 0.717) is 0 Å². The highest BCUT2D eigenvalue weighted by Gasteiger charge is 2.33. The Labute approximate surface area is 140 Å². The number of benzene rings is 2. The molecule has 1 saturated heterocycles. The van der Waals surface area contributed by atoms with Crippen molar-refractivity contribution in [3.05, 3.63) is 71.3 Å². The van der Waals surface area contributed by atoms with Gasteiger partial charge < -0.3 is 4.90 Å². The molecule has 2 aromatic rings. The Morgan fingerprint density at radius 1 is 0.913 bits per heavy atom. The fourth-order valence-corrected chi connectivity index (χ4v) is 4.63. The second-order valence-corrected chi connectivity index (χ2v) is 7.28. The Kier molecular flexibility index (Phi) is 4.48. The lowest BCUT2D eigenvalue weighted by molar-refractivity contribution is 0.140. The van der Waals surface area contributed by atoms with Crippen LogP contribution in [0.25, 0.3) is 0 Å². The predicted octanol–water partition coefficient (Wildman–Crippen LogP) is 4.67. The van der Waals surface area contributed by atoms with Gasteiger partial charge in [-0.05, 0) is 73.7 Å². The third kappa shape index (κ3) is 3.35. The normalized spacial score (nSPS) is 24.0. The van der Waals surface area contributed by atoms with E-state index in [9.17, 15) is 0 Å². The van der Waals surface area contributed by atoms with Crippen LogP contribution in [0.2, 0.25) is 0 Å². The molecule has 120 valence electrons. The van der Waals surface area contributed by atoms with Gasteiger partial charge in [-0.15, -0.1) is 0 Å². The van der Waals surface area contributed by atoms with Gasteiger partial charge in [0, 0.05) is 6.54 Å². The number of hydrogen-bond donors (Lipinski definition) is 0. The Morgan fingerprint density at radius 2 is 1.74 bits per heavy atom. The van der Waals surface area contributed by atoms with E-state index in [1.807, 2.05) is 0 Å². The summed E-state index contributed by atoms with van der Waals surface area (Å²) in [6.45, 7) is 3.86. The van der Waals surface area contributed by atoms with Crippen molar-refractivity contribution >= 4 is 0 Å². The second-order valence-electron chi connectivity index (χ2n) is 7.28. The number of aryl methyl sites for hydroxylation is 2. The maximum Gasteiger partial charge on any atom is 0.00156 e. The molecular formula is C22H27N. The summed E-state index contributed by atoms with van der Waals surface area (Å²) in [5.41, 5.74) is 4.76. The lowest BCUT2D eigenvalue weighted by Crippen LogP contribution is -2.41. The van der Waals surface area contributed by atoms with Gasteiger partial charge in [0.2, 0.25) is 0 Å². The van der Waals surface area contributed by atoms with E-state index in [-0.39, 0.29) is 0 Å². The van der Waals surface area contributed by atoms with Crippen LogP contribution in [0.1, 0.15) is 41.9 Å². The number of hydrogen-bond acceptors (Lipinski definition) is 1. The van der Waals surface area contributed by atoms with Gasteiger partial charge in [-0.1, -0.05) is 54.6 Å². The molecule has 1 aliphatic heterocycles. The lowest BCUT2D eigenvalue weighted by atomic mass is 9.71. The summed E-state index contributed by atoms with van der Waals surface area (Å²) < 4.78 is 0. The molecule has 0 saturated carbocycles. The van der Waals surface area contributed by atoms with Gasteiger partial charge in [0.1, 0.15) is 0 Å². The first kappa shape index (κ1) is 15.0. The Balaban J connectivity index is 1.32. The van der Waals surface area contributed by atoms with Gasteiger partial charge in [0.25, 0.3) is 0 Å². The zero-order chi connectivity index (χ0) is 15.5. The van der Waals surface area contributed by atoms with E-state index < -0.39 is 0 Å². The smallest absolute Gasteiger partial charge is 0.00156 e. The SMILES string of the molecule is c1ccc(CCCN2CC[C@H]3c4ccccc4CC[C@@H]3C2)cc1. The summed E-state index contributed by atoms with van der Waals surface area (Å²) in [5.74, 6) is 1.71. The van der Waals surface area contributed by atoms with Crippen molar-refractivity contribution in [2.24, 2.45) is 5.92 Å². The van der Waals surface area contributed by atoms with Crippen molar-refractivity contribution in [2.75, 3.05) is 19.6 Å². The van der Waals surface area contributed by atoms with E-state index in [4.69, 9.17) is 0 Å².